The van der Waals surface area contributed by atoms with Gasteiger partial charge < -0.3 is 20.1 Å². The van der Waals surface area contributed by atoms with Crippen LogP contribution in [-0.4, -0.2) is 56.4 Å². The standard InChI is InChI=1S/C24H34N4O2S.HI/c1-18-17-28(12-13-29-18)21(23-11-6-14-31-23)16-27-24(25-2)26-15-19-7-3-4-10-22(19)30-20-8-5-9-20;/h3-4,6-7,10-11,14,18,20-21H,5,8-9,12-13,15-17H2,1-2H3,(H2,25,26,27);1H. The van der Waals surface area contributed by atoms with Gasteiger partial charge in [-0.2, -0.15) is 0 Å². The number of morpholine rings is 1. The van der Waals surface area contributed by atoms with Crippen LogP contribution in [0.4, 0.5) is 0 Å². The van der Waals surface area contributed by atoms with Crippen molar-refractivity contribution in [1.82, 2.24) is 15.5 Å². The first-order valence-corrected chi connectivity index (χ1v) is 12.2. The molecule has 0 spiro atoms. The third kappa shape index (κ3) is 6.82. The fraction of sp³-hybridized carbons (Fsp3) is 0.542. The van der Waals surface area contributed by atoms with Gasteiger partial charge in [-0.05, 0) is 43.7 Å². The number of thiophene rings is 1. The Labute approximate surface area is 212 Å². The summed E-state index contributed by atoms with van der Waals surface area (Å²) in [4.78, 5) is 8.34. The molecule has 6 nitrogen and oxygen atoms in total. The predicted octanol–water partition coefficient (Wildman–Crippen LogP) is 4.42. The predicted molar refractivity (Wildman–Crippen MR) is 142 cm³/mol. The molecule has 1 aromatic heterocycles. The zero-order chi connectivity index (χ0) is 21.5. The number of aliphatic imine (C=N–C) groups is 1. The first kappa shape index (κ1) is 25.3. The van der Waals surface area contributed by atoms with E-state index in [-0.39, 0.29) is 30.1 Å². The van der Waals surface area contributed by atoms with Crippen LogP contribution in [0.2, 0.25) is 0 Å². The minimum atomic E-state index is 0. The minimum absolute atomic E-state index is 0. The smallest absolute Gasteiger partial charge is 0.191 e. The fourth-order valence-electron chi connectivity index (χ4n) is 4.04. The van der Waals surface area contributed by atoms with Crippen LogP contribution in [0.5, 0.6) is 5.75 Å². The topological polar surface area (TPSA) is 58.1 Å². The highest BCUT2D eigenvalue weighted by Crippen LogP contribution is 2.28. The summed E-state index contributed by atoms with van der Waals surface area (Å²) in [5, 5.41) is 9.16. The molecule has 0 radical (unpaired) electrons. The van der Waals surface area contributed by atoms with Gasteiger partial charge in [-0.1, -0.05) is 24.3 Å². The van der Waals surface area contributed by atoms with Crippen LogP contribution in [0.1, 0.15) is 42.7 Å². The number of nitrogens with one attached hydrogen (secondary N) is 2. The van der Waals surface area contributed by atoms with E-state index < -0.39 is 0 Å². The second-order valence-electron chi connectivity index (χ2n) is 8.29. The van der Waals surface area contributed by atoms with Gasteiger partial charge in [0.2, 0.25) is 0 Å². The summed E-state index contributed by atoms with van der Waals surface area (Å²) in [6.45, 7) is 6.31. The van der Waals surface area contributed by atoms with Gasteiger partial charge in [0.1, 0.15) is 5.75 Å². The first-order chi connectivity index (χ1) is 15.2. The lowest BCUT2D eigenvalue weighted by atomic mass is 9.96. The Morgan fingerprint density at radius 1 is 1.25 bits per heavy atom. The van der Waals surface area contributed by atoms with Crippen LogP contribution in [0.25, 0.3) is 0 Å². The van der Waals surface area contributed by atoms with Crippen molar-refractivity contribution in [2.24, 2.45) is 4.99 Å². The van der Waals surface area contributed by atoms with Gasteiger partial charge in [-0.3, -0.25) is 9.89 Å². The van der Waals surface area contributed by atoms with Gasteiger partial charge in [0, 0.05) is 43.7 Å². The number of ether oxygens (including phenoxy) is 2. The van der Waals surface area contributed by atoms with E-state index in [0.29, 0.717) is 18.7 Å². The summed E-state index contributed by atoms with van der Waals surface area (Å²) in [5.74, 6) is 1.79. The van der Waals surface area contributed by atoms with Gasteiger partial charge in [0.15, 0.2) is 5.96 Å². The average Bonchev–Trinajstić information content (AvgIpc) is 3.28. The van der Waals surface area contributed by atoms with E-state index in [9.17, 15) is 0 Å². The Morgan fingerprint density at radius 2 is 2.09 bits per heavy atom. The van der Waals surface area contributed by atoms with E-state index >= 15 is 0 Å². The van der Waals surface area contributed by atoms with Crippen molar-refractivity contribution < 1.29 is 9.47 Å². The molecule has 1 aliphatic heterocycles. The van der Waals surface area contributed by atoms with Crippen molar-refractivity contribution in [3.8, 4) is 5.75 Å². The summed E-state index contributed by atoms with van der Waals surface area (Å²) in [6.07, 6.45) is 4.24. The maximum absolute atomic E-state index is 6.17. The van der Waals surface area contributed by atoms with Crippen LogP contribution in [-0.2, 0) is 11.3 Å². The quantitative estimate of drug-likeness (QED) is 0.280. The third-order valence-corrected chi connectivity index (χ3v) is 7.01. The highest BCUT2D eigenvalue weighted by molar-refractivity contribution is 14.0. The molecular formula is C24H35IN4O2S. The lowest BCUT2D eigenvalue weighted by molar-refractivity contribution is -0.0334. The van der Waals surface area contributed by atoms with E-state index in [1.54, 1.807) is 0 Å². The van der Waals surface area contributed by atoms with E-state index in [1.807, 2.05) is 24.5 Å². The summed E-state index contributed by atoms with van der Waals surface area (Å²) in [5.41, 5.74) is 1.16. The Balaban J connectivity index is 0.00000289. The van der Waals surface area contributed by atoms with Crippen LogP contribution in [0.15, 0.2) is 46.8 Å². The van der Waals surface area contributed by atoms with Crippen molar-refractivity contribution in [3.63, 3.8) is 0 Å². The fourth-order valence-corrected chi connectivity index (χ4v) is 4.91. The first-order valence-electron chi connectivity index (χ1n) is 11.3. The van der Waals surface area contributed by atoms with Crippen LogP contribution in [0, 0.1) is 0 Å². The molecule has 32 heavy (non-hydrogen) atoms. The Morgan fingerprint density at radius 3 is 2.78 bits per heavy atom. The molecule has 0 bridgehead atoms. The van der Waals surface area contributed by atoms with Crippen molar-refractivity contribution in [2.45, 2.75) is 51.0 Å². The molecule has 2 aliphatic rings. The molecule has 176 valence electrons. The SMILES string of the molecule is CN=C(NCc1ccccc1OC1CCC1)NCC(c1cccs1)N1CCOC(C)C1.I. The lowest BCUT2D eigenvalue weighted by Crippen LogP contribution is -2.48. The number of hydrogen-bond acceptors (Lipinski definition) is 5. The Hall–Kier alpha value is -1.36. The van der Waals surface area contributed by atoms with Gasteiger partial charge in [0.25, 0.3) is 0 Å². The molecule has 0 amide bonds. The zero-order valence-corrected chi connectivity index (χ0v) is 22.1. The van der Waals surface area contributed by atoms with Crippen LogP contribution < -0.4 is 15.4 Å². The van der Waals surface area contributed by atoms with Crippen LogP contribution in [0.3, 0.4) is 0 Å². The number of rotatable bonds is 8. The number of halogens is 1. The molecule has 2 unspecified atom stereocenters. The molecular weight excluding hydrogens is 535 g/mol. The van der Waals surface area contributed by atoms with Gasteiger partial charge in [-0.25, -0.2) is 0 Å². The summed E-state index contributed by atoms with van der Waals surface area (Å²) in [6, 6.07) is 13.0. The average molecular weight is 571 g/mol. The largest absolute Gasteiger partial charge is 0.490 e. The molecule has 2 fully saturated rings. The molecule has 1 aliphatic carbocycles. The molecule has 2 aromatic rings. The third-order valence-electron chi connectivity index (χ3n) is 6.04. The number of benzene rings is 1. The maximum Gasteiger partial charge on any atom is 0.191 e. The normalized spacial score (nSPS) is 20.7. The van der Waals surface area contributed by atoms with Crippen molar-refractivity contribution in [3.05, 3.63) is 52.2 Å². The molecule has 1 aromatic carbocycles. The van der Waals surface area contributed by atoms with Gasteiger partial charge >= 0.3 is 0 Å². The summed E-state index contributed by atoms with van der Waals surface area (Å²) >= 11 is 1.81. The van der Waals surface area contributed by atoms with Gasteiger partial charge in [0.05, 0.1) is 24.9 Å². The highest BCUT2D eigenvalue weighted by Gasteiger charge is 2.26. The monoisotopic (exact) mass is 570 g/mol. The highest BCUT2D eigenvalue weighted by atomic mass is 127. The molecule has 2 atom stereocenters. The van der Waals surface area contributed by atoms with E-state index in [1.165, 1.54) is 11.3 Å². The molecule has 4 rings (SSSR count). The molecule has 1 saturated heterocycles. The maximum atomic E-state index is 6.17. The Kier molecular flexibility index (Phi) is 10.1. The van der Waals surface area contributed by atoms with Crippen molar-refractivity contribution in [1.29, 1.82) is 0 Å². The van der Waals surface area contributed by atoms with E-state index in [4.69, 9.17) is 9.47 Å². The Bertz CT molecular complexity index is 844. The van der Waals surface area contributed by atoms with Gasteiger partial charge in [-0.15, -0.1) is 35.3 Å². The molecule has 2 heterocycles. The van der Waals surface area contributed by atoms with E-state index in [0.717, 1.165) is 56.4 Å². The van der Waals surface area contributed by atoms with Crippen molar-refractivity contribution >= 4 is 41.3 Å². The zero-order valence-electron chi connectivity index (χ0n) is 19.0. The second kappa shape index (κ2) is 12.8. The number of guanidine groups is 1. The lowest BCUT2D eigenvalue weighted by Gasteiger charge is -2.37. The number of hydrogen-bond donors (Lipinski definition) is 2. The summed E-state index contributed by atoms with van der Waals surface area (Å²) in [7, 11) is 1.82. The minimum Gasteiger partial charge on any atom is -0.490 e. The summed E-state index contributed by atoms with van der Waals surface area (Å²) < 4.78 is 11.9. The second-order valence-corrected chi connectivity index (χ2v) is 9.27. The number of para-hydroxylation sites is 1. The molecule has 1 saturated carbocycles. The molecule has 8 heteroatoms. The van der Waals surface area contributed by atoms with Crippen LogP contribution >= 0.6 is 35.3 Å². The van der Waals surface area contributed by atoms with Crippen molar-refractivity contribution in [2.75, 3.05) is 33.3 Å². The molecule has 2 N–H and O–H groups in total. The number of nitrogens with zero attached hydrogens (tertiary/aromatic N) is 2. The van der Waals surface area contributed by atoms with E-state index in [2.05, 4.69) is 63.2 Å².